The molecule has 0 fully saturated rings. The standard InChI is InChI=1S/C18H17NO/c1-3-6-15-11-14-9-4-7-13-8-5-10-16(17(13)14)18(15)19-12(2)20/h3-5,7-11,18H,1,6H2,2H3,(H,19,20). The van der Waals surface area contributed by atoms with E-state index in [2.05, 4.69) is 48.3 Å². The Bertz CT molecular complexity index is 722. The van der Waals surface area contributed by atoms with Gasteiger partial charge in [0.15, 0.2) is 0 Å². The van der Waals surface area contributed by atoms with E-state index in [0.29, 0.717) is 0 Å². The van der Waals surface area contributed by atoms with Crippen LogP contribution in [0.2, 0.25) is 0 Å². The molecule has 1 unspecified atom stereocenters. The van der Waals surface area contributed by atoms with Crippen molar-refractivity contribution in [3.8, 4) is 0 Å². The number of benzene rings is 2. The summed E-state index contributed by atoms with van der Waals surface area (Å²) < 4.78 is 0. The largest absolute Gasteiger partial charge is 0.346 e. The number of amides is 1. The van der Waals surface area contributed by atoms with Crippen molar-refractivity contribution in [2.75, 3.05) is 0 Å². The molecule has 20 heavy (non-hydrogen) atoms. The molecule has 0 aliphatic heterocycles. The third-order valence-corrected chi connectivity index (χ3v) is 3.72. The van der Waals surface area contributed by atoms with Gasteiger partial charge in [-0.2, -0.15) is 0 Å². The van der Waals surface area contributed by atoms with Crippen LogP contribution >= 0.6 is 0 Å². The Balaban J connectivity index is 2.24. The van der Waals surface area contributed by atoms with Gasteiger partial charge in [0.25, 0.3) is 0 Å². The van der Waals surface area contributed by atoms with Crippen molar-refractivity contribution in [3.05, 3.63) is 65.8 Å². The zero-order chi connectivity index (χ0) is 14.1. The molecule has 2 nitrogen and oxygen atoms in total. The highest BCUT2D eigenvalue weighted by atomic mass is 16.1. The highest BCUT2D eigenvalue weighted by Crippen LogP contribution is 2.38. The van der Waals surface area contributed by atoms with Gasteiger partial charge in [-0.1, -0.05) is 48.6 Å². The molecule has 1 aliphatic carbocycles. The Morgan fingerprint density at radius 1 is 1.30 bits per heavy atom. The summed E-state index contributed by atoms with van der Waals surface area (Å²) in [5.41, 5.74) is 3.57. The third-order valence-electron chi connectivity index (χ3n) is 3.72. The number of allylic oxidation sites excluding steroid dienone is 1. The number of carbonyl (C=O) groups is 1. The Morgan fingerprint density at radius 3 is 2.75 bits per heavy atom. The topological polar surface area (TPSA) is 29.1 Å². The minimum atomic E-state index is -0.0518. The summed E-state index contributed by atoms with van der Waals surface area (Å²) in [6.07, 6.45) is 4.84. The summed E-state index contributed by atoms with van der Waals surface area (Å²) in [4.78, 5) is 11.5. The molecule has 0 saturated heterocycles. The van der Waals surface area contributed by atoms with Crippen LogP contribution in [0.3, 0.4) is 0 Å². The predicted octanol–water partition coefficient (Wildman–Crippen LogP) is 3.99. The second-order valence-electron chi connectivity index (χ2n) is 5.14. The van der Waals surface area contributed by atoms with Crippen LogP contribution in [0.1, 0.15) is 30.5 Å². The van der Waals surface area contributed by atoms with Gasteiger partial charge in [0.2, 0.25) is 5.91 Å². The second kappa shape index (κ2) is 4.97. The molecule has 2 heteroatoms. The van der Waals surface area contributed by atoms with Crippen molar-refractivity contribution in [2.24, 2.45) is 0 Å². The van der Waals surface area contributed by atoms with Crippen molar-refractivity contribution in [1.82, 2.24) is 5.32 Å². The van der Waals surface area contributed by atoms with Gasteiger partial charge >= 0.3 is 0 Å². The lowest BCUT2D eigenvalue weighted by Gasteiger charge is -2.27. The van der Waals surface area contributed by atoms with Crippen LogP contribution in [0.15, 0.2) is 54.6 Å². The van der Waals surface area contributed by atoms with Crippen molar-refractivity contribution < 1.29 is 4.79 Å². The SMILES string of the molecule is C=CCC1=Cc2cccc3cccc(c23)C1NC(C)=O. The fraction of sp³-hybridized carbons (Fsp3) is 0.167. The van der Waals surface area contributed by atoms with Crippen molar-refractivity contribution >= 4 is 22.8 Å². The van der Waals surface area contributed by atoms with E-state index >= 15 is 0 Å². The molecule has 2 aromatic carbocycles. The third kappa shape index (κ3) is 2.03. The molecule has 1 aliphatic rings. The molecule has 0 heterocycles. The maximum Gasteiger partial charge on any atom is 0.217 e. The lowest BCUT2D eigenvalue weighted by atomic mass is 9.84. The lowest BCUT2D eigenvalue weighted by Crippen LogP contribution is -2.28. The average molecular weight is 263 g/mol. The van der Waals surface area contributed by atoms with Crippen molar-refractivity contribution in [2.45, 2.75) is 19.4 Å². The highest BCUT2D eigenvalue weighted by Gasteiger charge is 2.23. The normalized spacial score (nSPS) is 16.6. The zero-order valence-corrected chi connectivity index (χ0v) is 11.5. The number of hydrogen-bond acceptors (Lipinski definition) is 1. The fourth-order valence-corrected chi connectivity index (χ4v) is 2.96. The summed E-state index contributed by atoms with van der Waals surface area (Å²) in [6.45, 7) is 5.38. The van der Waals surface area contributed by atoms with Crippen LogP contribution < -0.4 is 5.32 Å². The Kier molecular flexibility index (Phi) is 3.15. The molecule has 1 amide bonds. The molecule has 0 bridgehead atoms. The van der Waals surface area contributed by atoms with E-state index in [1.54, 1.807) is 6.92 Å². The van der Waals surface area contributed by atoms with E-state index < -0.39 is 0 Å². The molecule has 0 radical (unpaired) electrons. The van der Waals surface area contributed by atoms with E-state index in [4.69, 9.17) is 0 Å². The minimum Gasteiger partial charge on any atom is -0.346 e. The average Bonchev–Trinajstić information content (AvgIpc) is 2.43. The van der Waals surface area contributed by atoms with Gasteiger partial charge in [0.1, 0.15) is 0 Å². The number of rotatable bonds is 3. The molecule has 0 spiro atoms. The van der Waals surface area contributed by atoms with Crippen LogP contribution in [0, 0.1) is 0 Å². The van der Waals surface area contributed by atoms with Crippen molar-refractivity contribution in [3.63, 3.8) is 0 Å². The Morgan fingerprint density at radius 2 is 2.05 bits per heavy atom. The molecule has 2 aromatic rings. The first-order chi connectivity index (χ1) is 9.70. The summed E-state index contributed by atoms with van der Waals surface area (Å²) >= 11 is 0. The highest BCUT2D eigenvalue weighted by molar-refractivity contribution is 5.96. The molecular weight excluding hydrogens is 246 g/mol. The molecule has 1 N–H and O–H groups in total. The van der Waals surface area contributed by atoms with Gasteiger partial charge in [-0.3, -0.25) is 4.79 Å². The predicted molar refractivity (Wildman–Crippen MR) is 83.3 cm³/mol. The van der Waals surface area contributed by atoms with Crippen LogP contribution in [0.25, 0.3) is 16.8 Å². The second-order valence-corrected chi connectivity index (χ2v) is 5.14. The van der Waals surface area contributed by atoms with E-state index in [1.807, 2.05) is 12.1 Å². The molecule has 3 rings (SSSR count). The van der Waals surface area contributed by atoms with E-state index in [9.17, 15) is 4.79 Å². The summed E-state index contributed by atoms with van der Waals surface area (Å²) in [6, 6.07) is 12.5. The van der Waals surface area contributed by atoms with Gasteiger partial charge in [-0.15, -0.1) is 6.58 Å². The molecule has 100 valence electrons. The zero-order valence-electron chi connectivity index (χ0n) is 11.5. The summed E-state index contributed by atoms with van der Waals surface area (Å²) in [5.74, 6) is -0.0126. The molecule has 1 atom stereocenters. The van der Waals surface area contributed by atoms with Crippen LogP contribution in [0.5, 0.6) is 0 Å². The first-order valence-electron chi connectivity index (χ1n) is 6.81. The number of nitrogens with one attached hydrogen (secondary N) is 1. The van der Waals surface area contributed by atoms with E-state index in [1.165, 1.54) is 27.5 Å². The number of hydrogen-bond donors (Lipinski definition) is 1. The molecule has 0 saturated carbocycles. The van der Waals surface area contributed by atoms with Gasteiger partial charge in [0.05, 0.1) is 6.04 Å². The Labute approximate surface area is 118 Å². The maximum atomic E-state index is 11.5. The molecule has 0 aromatic heterocycles. The first-order valence-corrected chi connectivity index (χ1v) is 6.81. The van der Waals surface area contributed by atoms with Crippen LogP contribution in [-0.4, -0.2) is 5.91 Å². The minimum absolute atomic E-state index is 0.0126. The number of carbonyl (C=O) groups excluding carboxylic acids is 1. The van der Waals surface area contributed by atoms with Gasteiger partial charge in [0, 0.05) is 6.92 Å². The monoisotopic (exact) mass is 263 g/mol. The van der Waals surface area contributed by atoms with Gasteiger partial charge < -0.3 is 5.32 Å². The van der Waals surface area contributed by atoms with Crippen LogP contribution in [0.4, 0.5) is 0 Å². The Hall–Kier alpha value is -2.35. The quantitative estimate of drug-likeness (QED) is 0.833. The summed E-state index contributed by atoms with van der Waals surface area (Å²) in [7, 11) is 0. The lowest BCUT2D eigenvalue weighted by molar-refractivity contribution is -0.119. The smallest absolute Gasteiger partial charge is 0.217 e. The fourth-order valence-electron chi connectivity index (χ4n) is 2.96. The maximum absolute atomic E-state index is 11.5. The van der Waals surface area contributed by atoms with E-state index in [0.717, 1.165) is 6.42 Å². The van der Waals surface area contributed by atoms with Gasteiger partial charge in [-0.05, 0) is 33.9 Å². The first kappa shape index (κ1) is 12.7. The van der Waals surface area contributed by atoms with Crippen molar-refractivity contribution in [1.29, 1.82) is 0 Å². The molecular formula is C18H17NO. The van der Waals surface area contributed by atoms with E-state index in [-0.39, 0.29) is 11.9 Å². The van der Waals surface area contributed by atoms with Gasteiger partial charge in [-0.25, -0.2) is 0 Å². The summed E-state index contributed by atoms with van der Waals surface area (Å²) in [5, 5.41) is 5.51. The van der Waals surface area contributed by atoms with Crippen LogP contribution in [-0.2, 0) is 4.79 Å².